The summed E-state index contributed by atoms with van der Waals surface area (Å²) < 4.78 is 0. The minimum absolute atomic E-state index is 0.295. The fourth-order valence-corrected chi connectivity index (χ4v) is 4.05. The number of imidazole rings is 1. The Morgan fingerprint density at radius 2 is 2.04 bits per heavy atom. The van der Waals surface area contributed by atoms with Gasteiger partial charge in [0.25, 0.3) is 0 Å². The molecule has 1 aromatic carbocycles. The Kier molecular flexibility index (Phi) is 3.85. The van der Waals surface area contributed by atoms with E-state index in [-0.39, 0.29) is 0 Å². The summed E-state index contributed by atoms with van der Waals surface area (Å²) >= 11 is 0. The number of rotatable bonds is 4. The predicted octanol–water partition coefficient (Wildman–Crippen LogP) is 3.18. The third-order valence-electron chi connectivity index (χ3n) is 5.41. The van der Waals surface area contributed by atoms with E-state index in [0.29, 0.717) is 11.6 Å². The van der Waals surface area contributed by atoms with Gasteiger partial charge in [0.1, 0.15) is 11.8 Å². The van der Waals surface area contributed by atoms with E-state index in [0.717, 1.165) is 43.0 Å². The zero-order valence-electron chi connectivity index (χ0n) is 15.2. The largest absolute Gasteiger partial charge is 0.350 e. The number of nitrogens with one attached hydrogen (secondary N) is 2. The Bertz CT molecular complexity index is 1070. The maximum atomic E-state index is 4.72. The molecule has 0 bridgehead atoms. The van der Waals surface area contributed by atoms with Gasteiger partial charge in [0.05, 0.1) is 12.0 Å². The summed E-state index contributed by atoms with van der Waals surface area (Å²) in [5.74, 6) is 1.20. The molecule has 0 aliphatic carbocycles. The maximum absolute atomic E-state index is 4.72. The number of hydrogen-bond donors (Lipinski definition) is 2. The zero-order chi connectivity index (χ0) is 18.2. The second-order valence-electron chi connectivity index (χ2n) is 6.91. The lowest BCUT2D eigenvalue weighted by atomic mass is 9.89. The number of hydrogen-bond acceptors (Lipinski definition) is 5. The molecular weight excluding hydrogens is 338 g/mol. The van der Waals surface area contributed by atoms with Crippen molar-refractivity contribution in [3.8, 4) is 0 Å². The van der Waals surface area contributed by atoms with Crippen LogP contribution in [0.1, 0.15) is 41.8 Å². The Labute approximate surface area is 156 Å². The van der Waals surface area contributed by atoms with Crippen LogP contribution < -0.4 is 4.90 Å². The Balaban J connectivity index is 1.52. The van der Waals surface area contributed by atoms with Gasteiger partial charge in [-0.2, -0.15) is 5.10 Å². The number of fused-ring (bicyclic) bond motifs is 2. The van der Waals surface area contributed by atoms with Crippen LogP contribution in [0, 0.1) is 0 Å². The second-order valence-corrected chi connectivity index (χ2v) is 6.91. The average Bonchev–Trinajstić information content (AvgIpc) is 3.36. The van der Waals surface area contributed by atoms with Crippen LogP contribution in [0.3, 0.4) is 0 Å². The minimum Gasteiger partial charge on any atom is -0.350 e. The first-order valence-corrected chi connectivity index (χ1v) is 9.35. The van der Waals surface area contributed by atoms with E-state index in [1.165, 1.54) is 16.8 Å². The molecule has 7 heteroatoms. The molecule has 0 radical (unpaired) electrons. The van der Waals surface area contributed by atoms with Gasteiger partial charge in [0.2, 0.25) is 0 Å². The number of nitrogens with zero attached hydrogens (tertiary/aromatic N) is 5. The molecule has 7 nitrogen and oxygen atoms in total. The summed E-state index contributed by atoms with van der Waals surface area (Å²) in [5.41, 5.74) is 6.59. The maximum Gasteiger partial charge on any atom is 0.182 e. The Morgan fingerprint density at radius 3 is 2.89 bits per heavy atom. The van der Waals surface area contributed by atoms with Crippen molar-refractivity contribution in [2.45, 2.75) is 32.2 Å². The molecular formula is C20H21N7. The highest BCUT2D eigenvalue weighted by Crippen LogP contribution is 2.34. The van der Waals surface area contributed by atoms with E-state index in [9.17, 15) is 0 Å². The molecule has 136 valence electrons. The number of benzene rings is 1. The predicted molar refractivity (Wildman–Crippen MR) is 104 cm³/mol. The fourth-order valence-electron chi connectivity index (χ4n) is 4.05. The van der Waals surface area contributed by atoms with Gasteiger partial charge in [-0.25, -0.2) is 15.0 Å². The normalized spacial score (nSPS) is 15.1. The zero-order valence-corrected chi connectivity index (χ0v) is 15.2. The molecule has 27 heavy (non-hydrogen) atoms. The first-order valence-electron chi connectivity index (χ1n) is 9.35. The van der Waals surface area contributed by atoms with Crippen LogP contribution in [0.15, 0.2) is 43.0 Å². The van der Waals surface area contributed by atoms with Crippen LogP contribution in [-0.4, -0.2) is 36.7 Å². The van der Waals surface area contributed by atoms with E-state index in [1.807, 2.05) is 0 Å². The molecule has 1 unspecified atom stereocenters. The standard InChI is InChI=1S/C20H21N7/c1-2-14(13-6-4-3-5-7-13)17-15-10-27(9-8-16(15)25-26-17)20-18-19(22-11-21-18)23-12-24-20/h3-7,11-12,14H,2,8-10H2,1H3,(H,25,26)(H,21,22,23,24). The lowest BCUT2D eigenvalue weighted by molar-refractivity contribution is 0.694. The number of aromatic amines is 2. The van der Waals surface area contributed by atoms with Crippen molar-refractivity contribution < 1.29 is 0 Å². The van der Waals surface area contributed by atoms with E-state index in [1.54, 1.807) is 12.7 Å². The molecule has 1 atom stereocenters. The topological polar surface area (TPSA) is 86.4 Å². The molecule has 0 saturated carbocycles. The monoisotopic (exact) mass is 359 g/mol. The summed E-state index contributed by atoms with van der Waals surface area (Å²) in [7, 11) is 0. The summed E-state index contributed by atoms with van der Waals surface area (Å²) in [6.45, 7) is 3.90. The Morgan fingerprint density at radius 1 is 1.15 bits per heavy atom. The van der Waals surface area contributed by atoms with Crippen molar-refractivity contribution in [3.63, 3.8) is 0 Å². The SMILES string of the molecule is CCC(c1ccccc1)c1n[nH]c2c1CN(c1ncnc3nc[nH]c13)CC2. The lowest BCUT2D eigenvalue weighted by Gasteiger charge is -2.29. The molecule has 2 N–H and O–H groups in total. The molecule has 4 aromatic rings. The van der Waals surface area contributed by atoms with Gasteiger partial charge in [-0.15, -0.1) is 0 Å². The minimum atomic E-state index is 0.295. The number of aromatic nitrogens is 6. The summed E-state index contributed by atoms with van der Waals surface area (Å²) in [4.78, 5) is 18.5. The van der Waals surface area contributed by atoms with E-state index >= 15 is 0 Å². The van der Waals surface area contributed by atoms with E-state index in [2.05, 4.69) is 67.2 Å². The Hall–Kier alpha value is -3.22. The van der Waals surface area contributed by atoms with Crippen molar-refractivity contribution in [1.29, 1.82) is 0 Å². The summed E-state index contributed by atoms with van der Waals surface area (Å²) in [6.07, 6.45) is 5.19. The molecule has 1 aliphatic heterocycles. The molecule has 0 fully saturated rings. The average molecular weight is 359 g/mol. The molecule has 5 rings (SSSR count). The fraction of sp³-hybridized carbons (Fsp3) is 0.300. The van der Waals surface area contributed by atoms with Gasteiger partial charge in [-0.3, -0.25) is 5.10 Å². The number of anilines is 1. The van der Waals surface area contributed by atoms with E-state index < -0.39 is 0 Å². The molecule has 4 heterocycles. The smallest absolute Gasteiger partial charge is 0.182 e. The third-order valence-corrected chi connectivity index (χ3v) is 5.41. The third kappa shape index (κ3) is 2.66. The summed E-state index contributed by atoms with van der Waals surface area (Å²) in [6, 6.07) is 10.6. The van der Waals surface area contributed by atoms with Crippen molar-refractivity contribution in [1.82, 2.24) is 30.1 Å². The quantitative estimate of drug-likeness (QED) is 0.584. The second kappa shape index (κ2) is 6.50. The first-order chi connectivity index (χ1) is 13.3. The molecule has 0 saturated heterocycles. The van der Waals surface area contributed by atoms with E-state index in [4.69, 9.17) is 5.10 Å². The van der Waals surface area contributed by atoms with Crippen molar-refractivity contribution in [2.24, 2.45) is 0 Å². The van der Waals surface area contributed by atoms with Crippen molar-refractivity contribution in [2.75, 3.05) is 11.4 Å². The van der Waals surface area contributed by atoms with Gasteiger partial charge in [0, 0.05) is 36.7 Å². The van der Waals surface area contributed by atoms with Crippen LogP contribution in [0.4, 0.5) is 5.82 Å². The molecule has 3 aromatic heterocycles. The van der Waals surface area contributed by atoms with Gasteiger partial charge in [-0.05, 0) is 12.0 Å². The lowest BCUT2D eigenvalue weighted by Crippen LogP contribution is -2.31. The van der Waals surface area contributed by atoms with Crippen LogP contribution in [-0.2, 0) is 13.0 Å². The van der Waals surface area contributed by atoms with Gasteiger partial charge >= 0.3 is 0 Å². The van der Waals surface area contributed by atoms with Gasteiger partial charge < -0.3 is 9.88 Å². The molecule has 1 aliphatic rings. The highest BCUT2D eigenvalue weighted by Gasteiger charge is 2.28. The number of H-pyrrole nitrogens is 2. The van der Waals surface area contributed by atoms with Crippen molar-refractivity contribution >= 4 is 17.0 Å². The van der Waals surface area contributed by atoms with Crippen LogP contribution in [0.25, 0.3) is 11.2 Å². The van der Waals surface area contributed by atoms with Crippen LogP contribution in [0.2, 0.25) is 0 Å². The van der Waals surface area contributed by atoms with Gasteiger partial charge in [-0.1, -0.05) is 37.3 Å². The highest BCUT2D eigenvalue weighted by atomic mass is 15.2. The van der Waals surface area contributed by atoms with Crippen molar-refractivity contribution in [3.05, 3.63) is 65.5 Å². The highest BCUT2D eigenvalue weighted by molar-refractivity contribution is 5.82. The van der Waals surface area contributed by atoms with Gasteiger partial charge in [0.15, 0.2) is 11.5 Å². The molecule has 0 spiro atoms. The van der Waals surface area contributed by atoms with Crippen LogP contribution >= 0.6 is 0 Å². The first kappa shape index (κ1) is 16.0. The molecule has 0 amide bonds. The van der Waals surface area contributed by atoms with Crippen LogP contribution in [0.5, 0.6) is 0 Å². The summed E-state index contributed by atoms with van der Waals surface area (Å²) in [5, 5.41) is 8.01.